The van der Waals surface area contributed by atoms with Crippen molar-refractivity contribution < 1.29 is 4.79 Å². The van der Waals surface area contributed by atoms with Crippen LogP contribution in [0.15, 0.2) is 28.7 Å². The van der Waals surface area contributed by atoms with Gasteiger partial charge in [0.2, 0.25) is 0 Å². The highest BCUT2D eigenvalue weighted by Gasteiger charge is 2.22. The lowest BCUT2D eigenvalue weighted by Gasteiger charge is -2.29. The minimum atomic E-state index is 0.124. The summed E-state index contributed by atoms with van der Waals surface area (Å²) in [5.74, 6) is 0.863. The normalized spacial score (nSPS) is 17.1. The summed E-state index contributed by atoms with van der Waals surface area (Å²) < 4.78 is 1.02. The van der Waals surface area contributed by atoms with Crippen LogP contribution in [0.25, 0.3) is 10.9 Å². The first-order valence-electron chi connectivity index (χ1n) is 6.71. The summed E-state index contributed by atoms with van der Waals surface area (Å²) in [6, 6.07) is 7.96. The molecule has 3 nitrogen and oxygen atoms in total. The number of hydrogen-bond donors (Lipinski definition) is 1. The summed E-state index contributed by atoms with van der Waals surface area (Å²) in [5, 5.41) is 1.08. The molecule has 1 amide bonds. The zero-order valence-electron chi connectivity index (χ0n) is 10.9. The predicted molar refractivity (Wildman–Crippen MR) is 80.3 cm³/mol. The summed E-state index contributed by atoms with van der Waals surface area (Å²) >= 11 is 3.45. The molecule has 2 heterocycles. The van der Waals surface area contributed by atoms with Crippen molar-refractivity contribution in [2.75, 3.05) is 13.1 Å². The summed E-state index contributed by atoms with van der Waals surface area (Å²) in [4.78, 5) is 17.6. The molecule has 0 unspecified atom stereocenters. The molecular weight excluding hydrogens is 304 g/mol. The van der Waals surface area contributed by atoms with Crippen LogP contribution in [0.1, 0.15) is 30.3 Å². The number of nitrogens with one attached hydrogen (secondary N) is 1. The summed E-state index contributed by atoms with van der Waals surface area (Å²) in [6.45, 7) is 4.00. The molecule has 1 aromatic carbocycles. The van der Waals surface area contributed by atoms with Crippen LogP contribution in [0, 0.1) is 5.92 Å². The Kier molecular flexibility index (Phi) is 3.35. The van der Waals surface area contributed by atoms with Crippen molar-refractivity contribution in [2.45, 2.75) is 19.8 Å². The van der Waals surface area contributed by atoms with Gasteiger partial charge in [-0.2, -0.15) is 0 Å². The minimum absolute atomic E-state index is 0.124. The standard InChI is InChI=1S/C15H17BrN2O/c1-10-4-6-18(7-5-10)15(19)14-8-11-2-3-12(16)9-13(11)17-14/h2-3,8-10,17H,4-7H2,1H3. The lowest BCUT2D eigenvalue weighted by Crippen LogP contribution is -2.38. The first-order valence-corrected chi connectivity index (χ1v) is 7.50. The van der Waals surface area contributed by atoms with Gasteiger partial charge < -0.3 is 9.88 Å². The fraction of sp³-hybridized carbons (Fsp3) is 0.400. The number of likely N-dealkylation sites (tertiary alicyclic amines) is 1. The highest BCUT2D eigenvalue weighted by Crippen LogP contribution is 2.23. The Bertz CT molecular complexity index is 612. The summed E-state index contributed by atoms with van der Waals surface area (Å²) in [6.07, 6.45) is 2.22. The Labute approximate surface area is 121 Å². The number of fused-ring (bicyclic) bond motifs is 1. The van der Waals surface area contributed by atoms with Crippen molar-refractivity contribution in [3.8, 4) is 0 Å². The Morgan fingerprint density at radius 2 is 2.05 bits per heavy atom. The third-order valence-electron chi connectivity index (χ3n) is 3.89. The zero-order valence-corrected chi connectivity index (χ0v) is 12.5. The van der Waals surface area contributed by atoms with E-state index in [1.807, 2.05) is 29.2 Å². The van der Waals surface area contributed by atoms with Crippen LogP contribution in [0.4, 0.5) is 0 Å². The third-order valence-corrected chi connectivity index (χ3v) is 4.38. The van der Waals surface area contributed by atoms with Crippen molar-refractivity contribution >= 4 is 32.7 Å². The first-order chi connectivity index (χ1) is 9.13. The maximum Gasteiger partial charge on any atom is 0.270 e. The van der Waals surface area contributed by atoms with Crippen molar-refractivity contribution in [1.29, 1.82) is 0 Å². The number of carbonyl (C=O) groups excluding carboxylic acids is 1. The molecular formula is C15H17BrN2O. The number of carbonyl (C=O) groups is 1. The second-order valence-electron chi connectivity index (χ2n) is 5.39. The van der Waals surface area contributed by atoms with Crippen LogP contribution in [-0.4, -0.2) is 28.9 Å². The van der Waals surface area contributed by atoms with Crippen LogP contribution in [-0.2, 0) is 0 Å². The number of halogens is 1. The van der Waals surface area contributed by atoms with E-state index in [9.17, 15) is 4.79 Å². The van der Waals surface area contributed by atoms with Gasteiger partial charge in [0.25, 0.3) is 5.91 Å². The summed E-state index contributed by atoms with van der Waals surface area (Å²) in [7, 11) is 0. The molecule has 100 valence electrons. The van der Waals surface area contributed by atoms with E-state index in [2.05, 4.69) is 27.8 Å². The van der Waals surface area contributed by atoms with Gasteiger partial charge in [-0.25, -0.2) is 0 Å². The topological polar surface area (TPSA) is 36.1 Å². The van der Waals surface area contributed by atoms with Crippen LogP contribution >= 0.6 is 15.9 Å². The van der Waals surface area contributed by atoms with Gasteiger partial charge in [-0.15, -0.1) is 0 Å². The van der Waals surface area contributed by atoms with Gasteiger partial charge in [0.15, 0.2) is 0 Å². The number of benzene rings is 1. The molecule has 3 rings (SSSR count). The average molecular weight is 321 g/mol. The average Bonchev–Trinajstić information content (AvgIpc) is 2.81. The number of hydrogen-bond acceptors (Lipinski definition) is 1. The number of rotatable bonds is 1. The number of nitrogens with zero attached hydrogens (tertiary/aromatic N) is 1. The van der Waals surface area contributed by atoms with E-state index in [-0.39, 0.29) is 5.91 Å². The van der Waals surface area contributed by atoms with Crippen LogP contribution in [0.5, 0.6) is 0 Å². The van der Waals surface area contributed by atoms with Crippen LogP contribution in [0.2, 0.25) is 0 Å². The van der Waals surface area contributed by atoms with E-state index < -0.39 is 0 Å². The molecule has 4 heteroatoms. The van der Waals surface area contributed by atoms with E-state index in [0.29, 0.717) is 5.69 Å². The highest BCUT2D eigenvalue weighted by atomic mass is 79.9. The molecule has 0 radical (unpaired) electrons. The fourth-order valence-electron chi connectivity index (χ4n) is 2.60. The van der Waals surface area contributed by atoms with Crippen molar-refractivity contribution in [2.24, 2.45) is 5.92 Å². The molecule has 1 fully saturated rings. The molecule has 0 saturated carbocycles. The second-order valence-corrected chi connectivity index (χ2v) is 6.30. The first kappa shape index (κ1) is 12.7. The molecule has 1 aromatic heterocycles. The Morgan fingerprint density at radius 1 is 1.32 bits per heavy atom. The largest absolute Gasteiger partial charge is 0.350 e. The number of aromatic amines is 1. The molecule has 0 spiro atoms. The van der Waals surface area contributed by atoms with Crippen molar-refractivity contribution in [3.05, 3.63) is 34.4 Å². The maximum absolute atomic E-state index is 12.4. The monoisotopic (exact) mass is 320 g/mol. The molecule has 0 bridgehead atoms. The van der Waals surface area contributed by atoms with Gasteiger partial charge in [0.1, 0.15) is 5.69 Å². The molecule has 0 aliphatic carbocycles. The minimum Gasteiger partial charge on any atom is -0.350 e. The van der Waals surface area contributed by atoms with Crippen LogP contribution < -0.4 is 0 Å². The van der Waals surface area contributed by atoms with Gasteiger partial charge in [-0.1, -0.05) is 28.9 Å². The molecule has 1 aliphatic heterocycles. The van der Waals surface area contributed by atoms with Gasteiger partial charge in [-0.05, 0) is 37.0 Å². The molecule has 0 atom stereocenters. The third kappa shape index (κ3) is 2.54. The Balaban J connectivity index is 1.85. The van der Waals surface area contributed by atoms with E-state index >= 15 is 0 Å². The van der Waals surface area contributed by atoms with Gasteiger partial charge >= 0.3 is 0 Å². The van der Waals surface area contributed by atoms with E-state index in [1.165, 1.54) is 0 Å². The predicted octanol–water partition coefficient (Wildman–Crippen LogP) is 3.80. The zero-order chi connectivity index (χ0) is 13.4. The molecule has 19 heavy (non-hydrogen) atoms. The van der Waals surface area contributed by atoms with Crippen molar-refractivity contribution in [3.63, 3.8) is 0 Å². The second kappa shape index (κ2) is 5.00. The maximum atomic E-state index is 12.4. The Hall–Kier alpha value is -1.29. The van der Waals surface area contributed by atoms with Crippen molar-refractivity contribution in [1.82, 2.24) is 9.88 Å². The number of amides is 1. The van der Waals surface area contributed by atoms with E-state index in [4.69, 9.17) is 0 Å². The molecule has 1 N–H and O–H groups in total. The molecule has 1 saturated heterocycles. The number of piperidine rings is 1. The van der Waals surface area contributed by atoms with Crippen LogP contribution in [0.3, 0.4) is 0 Å². The lowest BCUT2D eigenvalue weighted by atomic mass is 9.99. The quantitative estimate of drug-likeness (QED) is 0.852. The number of aromatic nitrogens is 1. The van der Waals surface area contributed by atoms with Gasteiger partial charge in [0.05, 0.1) is 0 Å². The molecule has 1 aliphatic rings. The SMILES string of the molecule is CC1CCN(C(=O)c2cc3ccc(Br)cc3[nH]2)CC1. The van der Waals surface area contributed by atoms with E-state index in [0.717, 1.165) is 47.2 Å². The highest BCUT2D eigenvalue weighted by molar-refractivity contribution is 9.10. The Morgan fingerprint density at radius 3 is 2.79 bits per heavy atom. The number of H-pyrrole nitrogens is 1. The van der Waals surface area contributed by atoms with E-state index in [1.54, 1.807) is 0 Å². The summed E-state index contributed by atoms with van der Waals surface area (Å²) in [5.41, 5.74) is 1.70. The van der Waals surface area contributed by atoms with Gasteiger partial charge in [-0.3, -0.25) is 4.79 Å². The lowest BCUT2D eigenvalue weighted by molar-refractivity contribution is 0.0692. The van der Waals surface area contributed by atoms with Gasteiger partial charge in [0, 0.05) is 28.5 Å². The smallest absolute Gasteiger partial charge is 0.270 e. The molecule has 2 aromatic rings. The fourth-order valence-corrected chi connectivity index (χ4v) is 2.96.